The Hall–Kier alpha value is -0.820. The van der Waals surface area contributed by atoms with Gasteiger partial charge in [0, 0.05) is 12.0 Å². The van der Waals surface area contributed by atoms with Crippen LogP contribution < -0.4 is 5.73 Å². The van der Waals surface area contributed by atoms with Gasteiger partial charge < -0.3 is 5.73 Å². The van der Waals surface area contributed by atoms with E-state index >= 15 is 0 Å². The van der Waals surface area contributed by atoms with E-state index in [9.17, 15) is 0 Å². The van der Waals surface area contributed by atoms with Crippen LogP contribution in [-0.2, 0) is 5.41 Å². The predicted octanol–water partition coefficient (Wildman–Crippen LogP) is 4.11. The average molecular weight is 243 g/mol. The molecule has 1 aromatic rings. The first-order valence-corrected chi connectivity index (χ1v) is 7.65. The van der Waals surface area contributed by atoms with Gasteiger partial charge in [0.05, 0.1) is 0 Å². The van der Waals surface area contributed by atoms with Crippen molar-refractivity contribution in [2.24, 2.45) is 5.73 Å². The minimum absolute atomic E-state index is 0.350. The molecular weight excluding hydrogens is 218 g/mol. The maximum absolute atomic E-state index is 6.03. The summed E-state index contributed by atoms with van der Waals surface area (Å²) < 4.78 is 0. The zero-order chi connectivity index (χ0) is 12.4. The van der Waals surface area contributed by atoms with Crippen molar-refractivity contribution in [3.63, 3.8) is 0 Å². The molecule has 1 aromatic carbocycles. The Morgan fingerprint density at radius 3 is 2.28 bits per heavy atom. The molecule has 0 unspecified atom stereocenters. The lowest BCUT2D eigenvalue weighted by Gasteiger charge is -2.23. The first kappa shape index (κ1) is 12.2. The molecule has 1 nitrogen and oxygen atoms in total. The number of nitrogens with two attached hydrogens (primary N) is 1. The van der Waals surface area contributed by atoms with Crippen molar-refractivity contribution in [2.45, 2.75) is 62.7 Å². The quantitative estimate of drug-likeness (QED) is 0.794. The maximum Gasteiger partial charge on any atom is 0.00790 e. The molecule has 18 heavy (non-hydrogen) atoms. The van der Waals surface area contributed by atoms with E-state index in [2.05, 4.69) is 24.3 Å². The largest absolute Gasteiger partial charge is 0.330 e. The zero-order valence-electron chi connectivity index (χ0n) is 11.3. The normalized spacial score (nSPS) is 23.6. The second kappa shape index (κ2) is 5.05. The van der Waals surface area contributed by atoms with Gasteiger partial charge >= 0.3 is 0 Å². The van der Waals surface area contributed by atoms with E-state index in [1.807, 2.05) is 0 Å². The number of rotatable bonds is 3. The minimum atomic E-state index is 0.350. The molecule has 0 radical (unpaired) electrons. The highest BCUT2D eigenvalue weighted by atomic mass is 14.7. The van der Waals surface area contributed by atoms with Crippen molar-refractivity contribution in [1.82, 2.24) is 0 Å². The standard InChI is InChI=1S/C17H25N/c18-13-17(11-12-17)16-10-6-5-9-15(16)14-7-3-1-2-4-8-14/h5-6,9-10,14H,1-4,7-8,11-13,18H2. The fourth-order valence-electron chi connectivity index (χ4n) is 3.66. The summed E-state index contributed by atoms with van der Waals surface area (Å²) >= 11 is 0. The monoisotopic (exact) mass is 243 g/mol. The lowest BCUT2D eigenvalue weighted by molar-refractivity contribution is 0.574. The van der Waals surface area contributed by atoms with E-state index in [4.69, 9.17) is 5.73 Å². The molecule has 0 atom stereocenters. The molecule has 0 aromatic heterocycles. The second-order valence-electron chi connectivity index (χ2n) is 6.26. The fraction of sp³-hybridized carbons (Fsp3) is 0.647. The average Bonchev–Trinajstić information content (AvgIpc) is 3.24. The number of hydrogen-bond acceptors (Lipinski definition) is 1. The Labute approximate surface area is 111 Å². The molecule has 0 aliphatic heterocycles. The molecule has 0 bridgehead atoms. The molecule has 2 N–H and O–H groups in total. The van der Waals surface area contributed by atoms with Crippen LogP contribution in [0.5, 0.6) is 0 Å². The van der Waals surface area contributed by atoms with Crippen molar-refractivity contribution in [2.75, 3.05) is 6.54 Å². The van der Waals surface area contributed by atoms with Crippen LogP contribution in [0.1, 0.15) is 68.4 Å². The minimum Gasteiger partial charge on any atom is -0.330 e. The molecule has 0 heterocycles. The van der Waals surface area contributed by atoms with Crippen LogP contribution >= 0.6 is 0 Å². The fourth-order valence-corrected chi connectivity index (χ4v) is 3.66. The Balaban J connectivity index is 1.91. The van der Waals surface area contributed by atoms with Gasteiger partial charge in [0.15, 0.2) is 0 Å². The number of hydrogen-bond donors (Lipinski definition) is 1. The van der Waals surface area contributed by atoms with Crippen LogP contribution in [0, 0.1) is 0 Å². The van der Waals surface area contributed by atoms with Crippen molar-refractivity contribution >= 4 is 0 Å². The zero-order valence-corrected chi connectivity index (χ0v) is 11.3. The van der Waals surface area contributed by atoms with E-state index < -0.39 is 0 Å². The SMILES string of the molecule is NCC1(c2ccccc2C2CCCCCC2)CC1. The van der Waals surface area contributed by atoms with E-state index in [0.29, 0.717) is 5.41 Å². The molecule has 2 aliphatic carbocycles. The first-order chi connectivity index (χ1) is 8.86. The highest BCUT2D eigenvalue weighted by Crippen LogP contribution is 2.50. The van der Waals surface area contributed by atoms with Crippen LogP contribution in [0.15, 0.2) is 24.3 Å². The Bertz CT molecular complexity index is 398. The van der Waals surface area contributed by atoms with Crippen LogP contribution in [-0.4, -0.2) is 6.54 Å². The van der Waals surface area contributed by atoms with Gasteiger partial charge in [0.2, 0.25) is 0 Å². The van der Waals surface area contributed by atoms with Crippen molar-refractivity contribution in [1.29, 1.82) is 0 Å². The lowest BCUT2D eigenvalue weighted by Crippen LogP contribution is -2.22. The van der Waals surface area contributed by atoms with Gasteiger partial charge in [-0.2, -0.15) is 0 Å². The third-order valence-electron chi connectivity index (χ3n) is 5.07. The van der Waals surface area contributed by atoms with Crippen LogP contribution in [0.25, 0.3) is 0 Å². The van der Waals surface area contributed by atoms with Gasteiger partial charge in [-0.1, -0.05) is 49.9 Å². The third kappa shape index (κ3) is 2.21. The Morgan fingerprint density at radius 2 is 1.67 bits per heavy atom. The van der Waals surface area contributed by atoms with Gasteiger partial charge in [0.25, 0.3) is 0 Å². The van der Waals surface area contributed by atoms with Gasteiger partial charge in [-0.3, -0.25) is 0 Å². The number of benzene rings is 1. The van der Waals surface area contributed by atoms with Gasteiger partial charge in [-0.05, 0) is 42.7 Å². The summed E-state index contributed by atoms with van der Waals surface area (Å²) in [6, 6.07) is 9.14. The Morgan fingerprint density at radius 1 is 1.00 bits per heavy atom. The van der Waals surface area contributed by atoms with Gasteiger partial charge in [-0.25, -0.2) is 0 Å². The van der Waals surface area contributed by atoms with Crippen LogP contribution in [0.4, 0.5) is 0 Å². The molecule has 98 valence electrons. The van der Waals surface area contributed by atoms with Crippen molar-refractivity contribution < 1.29 is 0 Å². The maximum atomic E-state index is 6.03. The summed E-state index contributed by atoms with van der Waals surface area (Å²) in [5.74, 6) is 0.799. The van der Waals surface area contributed by atoms with Gasteiger partial charge in [-0.15, -0.1) is 0 Å². The molecule has 0 saturated heterocycles. The molecule has 2 saturated carbocycles. The summed E-state index contributed by atoms with van der Waals surface area (Å²) in [5, 5.41) is 0. The van der Waals surface area contributed by atoms with Crippen LogP contribution in [0.2, 0.25) is 0 Å². The summed E-state index contributed by atoms with van der Waals surface area (Å²) in [4.78, 5) is 0. The lowest BCUT2D eigenvalue weighted by atomic mass is 9.82. The smallest absolute Gasteiger partial charge is 0.00790 e. The summed E-state index contributed by atoms with van der Waals surface area (Å²) in [6.45, 7) is 0.830. The highest BCUT2D eigenvalue weighted by Gasteiger charge is 2.44. The molecule has 0 amide bonds. The summed E-state index contributed by atoms with van der Waals surface area (Å²) in [5.41, 5.74) is 9.59. The molecule has 2 aliphatic rings. The second-order valence-corrected chi connectivity index (χ2v) is 6.26. The highest BCUT2D eigenvalue weighted by molar-refractivity contribution is 5.41. The summed E-state index contributed by atoms with van der Waals surface area (Å²) in [6.07, 6.45) is 11.1. The first-order valence-electron chi connectivity index (χ1n) is 7.65. The van der Waals surface area contributed by atoms with Gasteiger partial charge in [0.1, 0.15) is 0 Å². The molecule has 3 rings (SSSR count). The van der Waals surface area contributed by atoms with Crippen molar-refractivity contribution in [3.8, 4) is 0 Å². The van der Waals surface area contributed by atoms with E-state index in [1.165, 1.54) is 51.4 Å². The Kier molecular flexibility index (Phi) is 3.43. The molecular formula is C17H25N. The molecule has 0 spiro atoms. The topological polar surface area (TPSA) is 26.0 Å². The van der Waals surface area contributed by atoms with Crippen molar-refractivity contribution in [3.05, 3.63) is 35.4 Å². The van der Waals surface area contributed by atoms with E-state index in [0.717, 1.165) is 12.5 Å². The third-order valence-corrected chi connectivity index (χ3v) is 5.07. The van der Waals surface area contributed by atoms with E-state index in [-0.39, 0.29) is 0 Å². The predicted molar refractivity (Wildman–Crippen MR) is 76.9 cm³/mol. The van der Waals surface area contributed by atoms with Crippen LogP contribution in [0.3, 0.4) is 0 Å². The summed E-state index contributed by atoms with van der Waals surface area (Å²) in [7, 11) is 0. The van der Waals surface area contributed by atoms with E-state index in [1.54, 1.807) is 11.1 Å². The molecule has 1 heteroatoms. The molecule has 2 fully saturated rings.